The number of aryl methyl sites for hydroxylation is 1. The largest absolute Gasteiger partial charge is 0.467 e. The summed E-state index contributed by atoms with van der Waals surface area (Å²) in [5, 5.41) is 11.9. The zero-order chi connectivity index (χ0) is 22.2. The lowest BCUT2D eigenvalue weighted by atomic mass is 10.1. The van der Waals surface area contributed by atoms with E-state index in [1.165, 1.54) is 10.5 Å². The molecule has 32 heavy (non-hydrogen) atoms. The molecule has 1 amide bonds. The smallest absolute Gasteiger partial charge is 0.267 e. The van der Waals surface area contributed by atoms with Crippen LogP contribution in [0.15, 0.2) is 52.0 Å². The number of ether oxygens (including phenoxy) is 1. The first-order valence-corrected chi connectivity index (χ1v) is 10.6. The third-order valence-electron chi connectivity index (χ3n) is 5.79. The molecule has 2 N–H and O–H groups in total. The highest BCUT2D eigenvalue weighted by molar-refractivity contribution is 5.96. The lowest BCUT2D eigenvalue weighted by Crippen LogP contribution is -2.38. The molecular formula is C23H23N5O4. The van der Waals surface area contributed by atoms with Gasteiger partial charge in [0.05, 0.1) is 29.9 Å². The number of nitrogens with zero attached hydrogens (tertiary/aromatic N) is 3. The summed E-state index contributed by atoms with van der Waals surface area (Å²) in [4.78, 5) is 31.0. The molecule has 0 unspecified atom stereocenters. The van der Waals surface area contributed by atoms with Gasteiger partial charge in [-0.25, -0.2) is 4.98 Å². The van der Waals surface area contributed by atoms with E-state index in [9.17, 15) is 9.59 Å². The number of amides is 1. The standard InChI is InChI=1S/C23H23N5O4/c1-14-5-2-8-27-20(14)26-21-18(23(27)30)11-17(22(29)25-12-15-6-3-9-31-15)19(24)28(21)13-16-7-4-10-32-16/h2,4-5,7-8,10-11,15,24H,3,6,9,12-13H2,1H3,(H,25,29)/t15-/m1/s1. The normalized spacial score (nSPS) is 16.1. The van der Waals surface area contributed by atoms with E-state index >= 15 is 0 Å². The molecule has 0 aromatic carbocycles. The molecule has 0 saturated carbocycles. The average molecular weight is 433 g/mol. The minimum atomic E-state index is -0.422. The van der Waals surface area contributed by atoms with Crippen LogP contribution in [0.5, 0.6) is 0 Å². The molecule has 0 bridgehead atoms. The van der Waals surface area contributed by atoms with Crippen molar-refractivity contribution in [3.8, 4) is 0 Å². The van der Waals surface area contributed by atoms with E-state index in [1.54, 1.807) is 35.2 Å². The highest BCUT2D eigenvalue weighted by Crippen LogP contribution is 2.15. The molecule has 1 aliphatic rings. The number of carbonyl (C=O) groups excluding carboxylic acids is 1. The number of pyridine rings is 2. The molecule has 9 nitrogen and oxygen atoms in total. The Kier molecular flexibility index (Phi) is 5.10. The highest BCUT2D eigenvalue weighted by atomic mass is 16.5. The zero-order valence-corrected chi connectivity index (χ0v) is 17.6. The third-order valence-corrected chi connectivity index (χ3v) is 5.79. The minimum Gasteiger partial charge on any atom is -0.467 e. The lowest BCUT2D eigenvalue weighted by molar-refractivity contribution is 0.0856. The quantitative estimate of drug-likeness (QED) is 0.467. The van der Waals surface area contributed by atoms with Gasteiger partial charge in [-0.1, -0.05) is 6.07 Å². The predicted molar refractivity (Wildman–Crippen MR) is 117 cm³/mol. The molecule has 1 atom stereocenters. The third kappa shape index (κ3) is 3.50. The van der Waals surface area contributed by atoms with Crippen molar-refractivity contribution < 1.29 is 13.9 Å². The zero-order valence-electron chi connectivity index (χ0n) is 17.6. The molecule has 1 fully saturated rings. The maximum absolute atomic E-state index is 13.3. The van der Waals surface area contributed by atoms with Crippen LogP contribution in [0, 0.1) is 12.3 Å². The van der Waals surface area contributed by atoms with Gasteiger partial charge in [-0.15, -0.1) is 0 Å². The van der Waals surface area contributed by atoms with E-state index in [1.807, 2.05) is 13.0 Å². The van der Waals surface area contributed by atoms with Gasteiger partial charge in [-0.2, -0.15) is 0 Å². The Bertz CT molecular complexity index is 1430. The van der Waals surface area contributed by atoms with Crippen LogP contribution in [0.3, 0.4) is 0 Å². The second-order valence-corrected chi connectivity index (χ2v) is 7.96. The summed E-state index contributed by atoms with van der Waals surface area (Å²) in [5.41, 5.74) is 1.45. The van der Waals surface area contributed by atoms with E-state index in [-0.39, 0.29) is 34.6 Å². The SMILES string of the molecule is Cc1cccn2c(=O)c3cc(C(=O)NC[C@H]4CCCO4)c(=N)n(Cc4ccco4)c3nc12. The molecule has 0 spiro atoms. The molecule has 0 radical (unpaired) electrons. The van der Waals surface area contributed by atoms with Gasteiger partial charge in [0.15, 0.2) is 0 Å². The summed E-state index contributed by atoms with van der Waals surface area (Å²) < 4.78 is 14.0. The first-order chi connectivity index (χ1) is 15.5. The average Bonchev–Trinajstić information content (AvgIpc) is 3.49. The summed E-state index contributed by atoms with van der Waals surface area (Å²) >= 11 is 0. The maximum atomic E-state index is 13.3. The Morgan fingerprint density at radius 2 is 2.19 bits per heavy atom. The van der Waals surface area contributed by atoms with Gasteiger partial charge in [0.25, 0.3) is 11.5 Å². The summed E-state index contributed by atoms with van der Waals surface area (Å²) in [6.07, 6.45) is 5.03. The summed E-state index contributed by atoms with van der Waals surface area (Å²) in [6.45, 7) is 3.10. The molecular weight excluding hydrogens is 410 g/mol. The van der Waals surface area contributed by atoms with Crippen molar-refractivity contribution in [2.24, 2.45) is 0 Å². The second kappa shape index (κ2) is 8.08. The Morgan fingerprint density at radius 3 is 2.94 bits per heavy atom. The number of rotatable bonds is 5. The van der Waals surface area contributed by atoms with E-state index in [0.717, 1.165) is 18.4 Å². The molecule has 4 aromatic rings. The summed E-state index contributed by atoms with van der Waals surface area (Å²) in [5.74, 6) is 0.169. The van der Waals surface area contributed by atoms with Crippen LogP contribution in [-0.4, -0.2) is 39.1 Å². The van der Waals surface area contributed by atoms with Gasteiger partial charge in [0.2, 0.25) is 0 Å². The molecule has 5 rings (SSSR count). The second-order valence-electron chi connectivity index (χ2n) is 7.96. The Morgan fingerprint density at radius 1 is 1.31 bits per heavy atom. The van der Waals surface area contributed by atoms with Crippen LogP contribution in [-0.2, 0) is 11.3 Å². The van der Waals surface area contributed by atoms with Gasteiger partial charge in [0.1, 0.15) is 22.5 Å². The van der Waals surface area contributed by atoms with Crippen molar-refractivity contribution in [2.75, 3.05) is 13.2 Å². The molecule has 1 saturated heterocycles. The summed E-state index contributed by atoms with van der Waals surface area (Å²) in [6, 6.07) is 8.65. The summed E-state index contributed by atoms with van der Waals surface area (Å²) in [7, 11) is 0. The van der Waals surface area contributed by atoms with Crippen LogP contribution in [0.4, 0.5) is 0 Å². The fourth-order valence-electron chi connectivity index (χ4n) is 4.09. The fourth-order valence-corrected chi connectivity index (χ4v) is 4.09. The van der Waals surface area contributed by atoms with E-state index in [4.69, 9.17) is 19.5 Å². The topological polar surface area (TPSA) is 115 Å². The van der Waals surface area contributed by atoms with Crippen molar-refractivity contribution in [1.82, 2.24) is 19.3 Å². The van der Waals surface area contributed by atoms with Crippen LogP contribution < -0.4 is 16.4 Å². The van der Waals surface area contributed by atoms with Gasteiger partial charge >= 0.3 is 0 Å². The molecule has 0 aliphatic carbocycles. The minimum absolute atomic E-state index is 0.0250. The van der Waals surface area contributed by atoms with Crippen LogP contribution in [0.1, 0.15) is 34.5 Å². The molecule has 1 aliphatic heterocycles. The number of hydrogen-bond acceptors (Lipinski definition) is 6. The molecule has 9 heteroatoms. The Labute approximate surface area is 182 Å². The van der Waals surface area contributed by atoms with Crippen molar-refractivity contribution in [3.63, 3.8) is 0 Å². The van der Waals surface area contributed by atoms with E-state index in [2.05, 4.69) is 5.32 Å². The van der Waals surface area contributed by atoms with Crippen molar-refractivity contribution in [2.45, 2.75) is 32.4 Å². The number of furan rings is 1. The first-order valence-electron chi connectivity index (χ1n) is 10.6. The van der Waals surface area contributed by atoms with Crippen molar-refractivity contribution >= 4 is 22.6 Å². The van der Waals surface area contributed by atoms with Crippen molar-refractivity contribution in [1.29, 1.82) is 5.41 Å². The fraction of sp³-hybridized carbons (Fsp3) is 0.304. The van der Waals surface area contributed by atoms with Gasteiger partial charge in [-0.3, -0.25) is 19.4 Å². The van der Waals surface area contributed by atoms with Gasteiger partial charge in [0, 0.05) is 19.3 Å². The van der Waals surface area contributed by atoms with Crippen LogP contribution in [0.2, 0.25) is 0 Å². The lowest BCUT2D eigenvalue weighted by Gasteiger charge is -2.15. The number of aromatic nitrogens is 3. The number of carbonyl (C=O) groups is 1. The number of nitrogens with one attached hydrogen (secondary N) is 2. The van der Waals surface area contributed by atoms with Gasteiger partial charge < -0.3 is 19.0 Å². The Balaban J connectivity index is 1.69. The highest BCUT2D eigenvalue weighted by Gasteiger charge is 2.21. The number of hydrogen-bond donors (Lipinski definition) is 2. The van der Waals surface area contributed by atoms with E-state index < -0.39 is 5.91 Å². The molecule has 4 aromatic heterocycles. The number of fused-ring (bicyclic) bond motifs is 2. The first kappa shape index (κ1) is 20.2. The maximum Gasteiger partial charge on any atom is 0.267 e. The van der Waals surface area contributed by atoms with Crippen LogP contribution in [0.25, 0.3) is 16.7 Å². The molecule has 5 heterocycles. The monoisotopic (exact) mass is 433 g/mol. The Hall–Kier alpha value is -3.72. The van der Waals surface area contributed by atoms with Crippen molar-refractivity contribution in [3.05, 3.63) is 75.5 Å². The van der Waals surface area contributed by atoms with E-state index in [0.29, 0.717) is 30.2 Å². The van der Waals surface area contributed by atoms with Crippen LogP contribution >= 0.6 is 0 Å². The predicted octanol–water partition coefficient (Wildman–Crippen LogP) is 1.99. The van der Waals surface area contributed by atoms with Gasteiger partial charge in [-0.05, 0) is 49.6 Å². The molecule has 164 valence electrons.